The van der Waals surface area contributed by atoms with E-state index in [0.717, 1.165) is 29.7 Å². The van der Waals surface area contributed by atoms with Gasteiger partial charge in [0.15, 0.2) is 8.32 Å². The molecule has 1 aromatic rings. The molecule has 0 saturated carbocycles. The van der Waals surface area contributed by atoms with Crippen molar-refractivity contribution in [1.29, 1.82) is 0 Å². The number of benzene rings is 1. The topological polar surface area (TPSA) is 98.8 Å². The van der Waals surface area contributed by atoms with E-state index < -0.39 is 49.8 Å². The van der Waals surface area contributed by atoms with Crippen molar-refractivity contribution in [3.63, 3.8) is 0 Å². The highest BCUT2D eigenvalue weighted by Gasteiger charge is 2.60. The Kier molecular flexibility index (Phi) is 12.1. The summed E-state index contributed by atoms with van der Waals surface area (Å²) in [4.78, 5) is 27.3. The smallest absolute Gasteiger partial charge is 0.313 e. The Morgan fingerprint density at radius 2 is 1.73 bits per heavy atom. The maximum absolute atomic E-state index is 13.8. The Hall–Kier alpha value is -2.40. The molecule has 9 nitrogen and oxygen atoms in total. The van der Waals surface area contributed by atoms with Gasteiger partial charge in [0.1, 0.15) is 30.1 Å². The molecule has 2 saturated heterocycles. The summed E-state index contributed by atoms with van der Waals surface area (Å²) in [6, 6.07) is 7.97. The molecule has 0 amide bonds. The number of hydrogen-bond acceptors (Lipinski definition) is 9. The number of esters is 2. The Morgan fingerprint density at radius 1 is 1.04 bits per heavy atom. The molecule has 4 rings (SSSR count). The van der Waals surface area contributed by atoms with Crippen LogP contribution in [0, 0.1) is 17.3 Å². The number of allylic oxidation sites excluding steroid dienone is 1. The summed E-state index contributed by atoms with van der Waals surface area (Å²) in [6.45, 7) is 23.2. The third-order valence-electron chi connectivity index (χ3n) is 11.6. The molecule has 10 heteroatoms. The van der Waals surface area contributed by atoms with Gasteiger partial charge in [-0.25, -0.2) is 0 Å². The van der Waals surface area contributed by atoms with Crippen LogP contribution in [-0.2, 0) is 37.7 Å². The second kappa shape index (κ2) is 15.1. The third-order valence-corrected chi connectivity index (χ3v) is 16.2. The van der Waals surface area contributed by atoms with E-state index in [0.29, 0.717) is 18.6 Å². The molecule has 49 heavy (non-hydrogen) atoms. The first-order chi connectivity index (χ1) is 22.7. The summed E-state index contributed by atoms with van der Waals surface area (Å²) in [7, 11) is 1.17. The van der Waals surface area contributed by atoms with Crippen LogP contribution in [-0.4, -0.2) is 64.7 Å². The van der Waals surface area contributed by atoms with Gasteiger partial charge in [0.2, 0.25) is 5.79 Å². The number of carbonyl (C=O) groups excluding carboxylic acids is 2. The highest BCUT2D eigenvalue weighted by molar-refractivity contribution is 6.74. The van der Waals surface area contributed by atoms with E-state index in [4.69, 9.17) is 32.8 Å². The Labute approximate surface area is 295 Å². The van der Waals surface area contributed by atoms with Gasteiger partial charge in [0.05, 0.1) is 38.3 Å². The molecule has 0 aromatic heterocycles. The number of hydrogen-bond donors (Lipinski definition) is 0. The number of ether oxygens (including phenoxy) is 6. The molecular formula is C39H62O9Si. The van der Waals surface area contributed by atoms with E-state index in [1.165, 1.54) is 0 Å². The number of methoxy groups -OCH3 is 2. The van der Waals surface area contributed by atoms with E-state index in [1.54, 1.807) is 14.2 Å². The molecule has 276 valence electrons. The van der Waals surface area contributed by atoms with Crippen LogP contribution in [0.15, 0.2) is 35.6 Å². The molecule has 1 spiro atoms. The van der Waals surface area contributed by atoms with Gasteiger partial charge in [-0.1, -0.05) is 60.6 Å². The molecule has 0 radical (unpaired) electrons. The molecule has 3 aliphatic rings. The van der Waals surface area contributed by atoms with E-state index >= 15 is 0 Å². The zero-order chi connectivity index (χ0) is 36.5. The van der Waals surface area contributed by atoms with Crippen LogP contribution in [0.1, 0.15) is 113 Å². The minimum absolute atomic E-state index is 0.0398. The summed E-state index contributed by atoms with van der Waals surface area (Å²) in [5.74, 6) is -0.630. The van der Waals surface area contributed by atoms with Crippen LogP contribution in [0.5, 0.6) is 5.75 Å². The maximum atomic E-state index is 13.8. The Bertz CT molecular complexity index is 1360. The normalized spacial score (nSPS) is 29.7. The fourth-order valence-electron chi connectivity index (χ4n) is 7.41. The molecule has 1 aromatic carbocycles. The monoisotopic (exact) mass is 702 g/mol. The summed E-state index contributed by atoms with van der Waals surface area (Å²) in [5.41, 5.74) is 1.59. The van der Waals surface area contributed by atoms with E-state index in [1.807, 2.05) is 32.0 Å². The van der Waals surface area contributed by atoms with Crippen molar-refractivity contribution in [3.8, 4) is 5.75 Å². The van der Waals surface area contributed by atoms with Crippen molar-refractivity contribution < 1.29 is 42.4 Å². The molecule has 0 unspecified atom stereocenters. The standard InChI is InChI=1S/C39H62O9Si/c1-24(17-18-30(43-11)28-15-14-16-29(19-28)42-10)36-26(3)33-23-39(47-36)38(8,9)22-25(2)31(46-39)20-34(40)44-32(21-35(41)45-33)27(4)48-49(12,13)37(5,6)7/h14-16,19,24,26-27,30,32-33,36H,17-18,20-23H2,1-13H3/t24-,26-,27+,30-,32+,33-,36+,39+/m0/s1. The van der Waals surface area contributed by atoms with Gasteiger partial charge in [-0.2, -0.15) is 0 Å². The highest BCUT2D eigenvalue weighted by atomic mass is 28.4. The van der Waals surface area contributed by atoms with Crippen molar-refractivity contribution in [1.82, 2.24) is 0 Å². The number of fused-ring (bicyclic) bond motifs is 2. The number of cyclic esters (lactones) is 1. The highest BCUT2D eigenvalue weighted by Crippen LogP contribution is 2.55. The second-order valence-electron chi connectivity index (χ2n) is 16.8. The van der Waals surface area contributed by atoms with Crippen LogP contribution in [0.2, 0.25) is 18.1 Å². The van der Waals surface area contributed by atoms with E-state index in [2.05, 4.69) is 67.6 Å². The molecule has 0 N–H and O–H groups in total. The van der Waals surface area contributed by atoms with Crippen LogP contribution in [0.4, 0.5) is 0 Å². The lowest BCUT2D eigenvalue weighted by atomic mass is 9.69. The maximum Gasteiger partial charge on any atom is 0.313 e. The van der Waals surface area contributed by atoms with Gasteiger partial charge in [-0.3, -0.25) is 9.59 Å². The molecule has 3 bridgehead atoms. The fourth-order valence-corrected chi connectivity index (χ4v) is 8.85. The van der Waals surface area contributed by atoms with Gasteiger partial charge in [0, 0.05) is 18.4 Å². The minimum atomic E-state index is -2.22. The fraction of sp³-hybridized carbons (Fsp3) is 0.744. The predicted molar refractivity (Wildman–Crippen MR) is 191 cm³/mol. The van der Waals surface area contributed by atoms with Crippen LogP contribution in [0.25, 0.3) is 0 Å². The molecule has 3 aliphatic heterocycles. The van der Waals surface area contributed by atoms with Crippen LogP contribution < -0.4 is 4.74 Å². The van der Waals surface area contributed by atoms with E-state index in [9.17, 15) is 9.59 Å². The molecule has 3 heterocycles. The lowest BCUT2D eigenvalue weighted by Gasteiger charge is -2.57. The zero-order valence-corrected chi connectivity index (χ0v) is 33.3. The van der Waals surface area contributed by atoms with Crippen molar-refractivity contribution in [2.24, 2.45) is 17.3 Å². The molecular weight excluding hydrogens is 641 g/mol. The zero-order valence-electron chi connectivity index (χ0n) is 32.3. The van der Waals surface area contributed by atoms with Crippen molar-refractivity contribution in [2.45, 2.75) is 155 Å². The van der Waals surface area contributed by atoms with Crippen molar-refractivity contribution >= 4 is 20.3 Å². The summed E-state index contributed by atoms with van der Waals surface area (Å²) in [5, 5.41) is -0.0500. The average Bonchev–Trinajstić information content (AvgIpc) is 3.00. The molecule has 2 fully saturated rings. The number of carbonyl (C=O) groups is 2. The lowest BCUT2D eigenvalue weighted by molar-refractivity contribution is -0.352. The molecule has 8 atom stereocenters. The van der Waals surface area contributed by atoms with Crippen molar-refractivity contribution in [3.05, 3.63) is 41.2 Å². The van der Waals surface area contributed by atoms with Gasteiger partial charge < -0.3 is 32.8 Å². The van der Waals surface area contributed by atoms with Crippen molar-refractivity contribution in [2.75, 3.05) is 14.2 Å². The number of rotatable bonds is 10. The SMILES string of the molecule is COc1cccc([C@H](CC[C@H](C)[C@H]2O[C@]34C[C@H](OC(=O)C[C@H]([C@@H](C)O[Si](C)(C)C(C)(C)C)OC(=O)CC(=C(C)CC3(C)C)O4)[C@@H]2C)OC)c1. The third kappa shape index (κ3) is 8.74. The minimum Gasteiger partial charge on any atom is -0.497 e. The summed E-state index contributed by atoms with van der Waals surface area (Å²) < 4.78 is 44.3. The summed E-state index contributed by atoms with van der Waals surface area (Å²) in [6.07, 6.45) is 0.356. The van der Waals surface area contributed by atoms with Gasteiger partial charge >= 0.3 is 11.9 Å². The van der Waals surface area contributed by atoms with Gasteiger partial charge in [0.25, 0.3) is 0 Å². The first kappa shape index (κ1) is 39.4. The van der Waals surface area contributed by atoms with Crippen LogP contribution >= 0.6 is 0 Å². The predicted octanol–water partition coefficient (Wildman–Crippen LogP) is 8.67. The quantitative estimate of drug-likeness (QED) is 0.175. The van der Waals surface area contributed by atoms with Crippen LogP contribution in [0.3, 0.4) is 0 Å². The molecule has 0 aliphatic carbocycles. The average molecular weight is 703 g/mol. The largest absolute Gasteiger partial charge is 0.497 e. The first-order valence-corrected chi connectivity index (χ1v) is 20.9. The van der Waals surface area contributed by atoms with E-state index in [-0.39, 0.29) is 41.9 Å². The second-order valence-corrected chi connectivity index (χ2v) is 21.6. The summed E-state index contributed by atoms with van der Waals surface area (Å²) >= 11 is 0. The van der Waals surface area contributed by atoms with Gasteiger partial charge in [-0.15, -0.1) is 0 Å². The lowest BCUT2D eigenvalue weighted by Crippen LogP contribution is -2.62. The first-order valence-electron chi connectivity index (χ1n) is 18.0. The Balaban J connectivity index is 1.64. The Morgan fingerprint density at radius 3 is 2.37 bits per heavy atom. The van der Waals surface area contributed by atoms with Gasteiger partial charge in [-0.05, 0) is 80.4 Å².